The number of fused-ring (bicyclic) bond motifs is 1. The Balaban J connectivity index is 0.00000113. The average molecular weight is 415 g/mol. The first-order valence-corrected chi connectivity index (χ1v) is 8.38. The van der Waals surface area contributed by atoms with Gasteiger partial charge in [0, 0.05) is 40.0 Å². The summed E-state index contributed by atoms with van der Waals surface area (Å²) in [7, 11) is 0. The van der Waals surface area contributed by atoms with Crippen molar-refractivity contribution in [1.29, 1.82) is 0 Å². The Morgan fingerprint density at radius 3 is 2.84 bits per heavy atom. The second-order valence-electron chi connectivity index (χ2n) is 5.17. The van der Waals surface area contributed by atoms with Crippen molar-refractivity contribution in [2.45, 2.75) is 5.37 Å². The van der Waals surface area contributed by atoms with Crippen LogP contribution >= 0.6 is 48.2 Å². The zero-order valence-corrected chi connectivity index (χ0v) is 16.0. The first-order chi connectivity index (χ1) is 11.2. The van der Waals surface area contributed by atoms with Gasteiger partial charge in [-0.25, -0.2) is 0 Å². The molecular weight excluding hydrogens is 401 g/mol. The van der Waals surface area contributed by atoms with Gasteiger partial charge in [-0.2, -0.15) is 0 Å². The quantitative estimate of drug-likeness (QED) is 0.637. The fraction of sp³-hybridized carbons (Fsp3) is 0.0588. The van der Waals surface area contributed by atoms with Gasteiger partial charge in [0.1, 0.15) is 11.1 Å². The van der Waals surface area contributed by atoms with Crippen LogP contribution in [0.4, 0.5) is 0 Å². The van der Waals surface area contributed by atoms with E-state index in [2.05, 4.69) is 10.3 Å². The Bertz CT molecular complexity index is 927. The summed E-state index contributed by atoms with van der Waals surface area (Å²) in [6.07, 6.45) is 5.31. The predicted octanol–water partition coefficient (Wildman–Crippen LogP) is 5.05. The molecule has 0 spiro atoms. The van der Waals surface area contributed by atoms with Crippen LogP contribution in [0, 0.1) is 0 Å². The number of carbonyl (C=O) groups is 1. The molecule has 1 N–H and O–H groups in total. The number of carbonyl (C=O) groups excluding carboxylic acids is 1. The molecule has 1 unspecified atom stereocenters. The number of aromatic nitrogens is 2. The van der Waals surface area contributed by atoms with E-state index in [9.17, 15) is 4.79 Å². The standard InChI is InChI=1S/C17H12ClN3OS.2ClH/c18-13-4-3-11-5-7-21(15(11)8-13)17(22)14-10-23-16(20-14)12-2-1-6-19-9-12;;/h1-10,16,20H;2*1H. The summed E-state index contributed by atoms with van der Waals surface area (Å²) in [5, 5.41) is 6.72. The van der Waals surface area contributed by atoms with E-state index < -0.39 is 0 Å². The van der Waals surface area contributed by atoms with Crippen molar-refractivity contribution >= 4 is 65.0 Å². The fourth-order valence-corrected chi connectivity index (χ4v) is 3.66. The van der Waals surface area contributed by atoms with Crippen LogP contribution in [-0.4, -0.2) is 15.5 Å². The van der Waals surface area contributed by atoms with Gasteiger partial charge in [-0.3, -0.25) is 14.3 Å². The molecular formula is C17H14Cl3N3OS. The number of pyridine rings is 1. The van der Waals surface area contributed by atoms with Gasteiger partial charge < -0.3 is 5.32 Å². The molecule has 1 atom stereocenters. The normalized spacial score (nSPS) is 15.7. The summed E-state index contributed by atoms with van der Waals surface area (Å²) >= 11 is 7.61. The molecule has 4 rings (SSSR count). The van der Waals surface area contributed by atoms with Crippen molar-refractivity contribution in [2.75, 3.05) is 0 Å². The molecule has 0 radical (unpaired) electrons. The molecule has 3 heterocycles. The first kappa shape index (κ1) is 19.7. The highest BCUT2D eigenvalue weighted by molar-refractivity contribution is 8.02. The second-order valence-corrected chi connectivity index (χ2v) is 6.59. The van der Waals surface area contributed by atoms with E-state index in [1.807, 2.05) is 35.7 Å². The van der Waals surface area contributed by atoms with E-state index >= 15 is 0 Å². The Morgan fingerprint density at radius 1 is 1.24 bits per heavy atom. The molecule has 130 valence electrons. The number of allylic oxidation sites excluding steroid dienone is 1. The van der Waals surface area contributed by atoms with Crippen LogP contribution in [-0.2, 0) is 0 Å². The number of halogens is 3. The van der Waals surface area contributed by atoms with Crippen LogP contribution in [0.3, 0.4) is 0 Å². The van der Waals surface area contributed by atoms with Gasteiger partial charge in [-0.1, -0.05) is 23.7 Å². The van der Waals surface area contributed by atoms with Crippen LogP contribution in [0.2, 0.25) is 5.02 Å². The Labute approximate surface area is 166 Å². The third kappa shape index (κ3) is 3.80. The van der Waals surface area contributed by atoms with Gasteiger partial charge in [0.05, 0.1) is 5.52 Å². The van der Waals surface area contributed by atoms with Gasteiger partial charge in [0.25, 0.3) is 5.91 Å². The molecule has 1 aliphatic rings. The largest absolute Gasteiger partial charge is 0.364 e. The Morgan fingerprint density at radius 2 is 2.08 bits per heavy atom. The van der Waals surface area contributed by atoms with Crippen LogP contribution in [0.5, 0.6) is 0 Å². The molecule has 0 aliphatic carbocycles. The lowest BCUT2D eigenvalue weighted by molar-refractivity contribution is 0.0952. The monoisotopic (exact) mass is 413 g/mol. The van der Waals surface area contributed by atoms with Crippen molar-refractivity contribution in [2.24, 2.45) is 0 Å². The van der Waals surface area contributed by atoms with Gasteiger partial charge >= 0.3 is 0 Å². The van der Waals surface area contributed by atoms with E-state index in [0.717, 1.165) is 16.5 Å². The van der Waals surface area contributed by atoms with Crippen molar-refractivity contribution in [3.8, 4) is 0 Å². The van der Waals surface area contributed by atoms with Crippen molar-refractivity contribution < 1.29 is 4.79 Å². The van der Waals surface area contributed by atoms with Gasteiger partial charge in [-0.05, 0) is 24.3 Å². The SMILES string of the molecule is Cl.Cl.O=C(C1=CSC(c2cccnc2)N1)n1ccc2ccc(Cl)cc21. The average Bonchev–Trinajstić information content (AvgIpc) is 3.22. The number of nitrogens with zero attached hydrogens (tertiary/aromatic N) is 2. The van der Waals surface area contributed by atoms with E-state index in [4.69, 9.17) is 11.6 Å². The molecule has 4 nitrogen and oxygen atoms in total. The third-order valence-electron chi connectivity index (χ3n) is 3.70. The van der Waals surface area contributed by atoms with Gasteiger partial charge in [-0.15, -0.1) is 36.6 Å². The number of hydrogen-bond donors (Lipinski definition) is 1. The molecule has 8 heteroatoms. The van der Waals surface area contributed by atoms with Crippen molar-refractivity contribution in [3.05, 3.63) is 76.7 Å². The highest BCUT2D eigenvalue weighted by Crippen LogP contribution is 2.34. The number of benzene rings is 1. The summed E-state index contributed by atoms with van der Waals surface area (Å²) in [6, 6.07) is 11.3. The lowest BCUT2D eigenvalue weighted by Gasteiger charge is -2.12. The maximum Gasteiger partial charge on any atom is 0.279 e. The lowest BCUT2D eigenvalue weighted by Crippen LogP contribution is -2.23. The second kappa shape index (κ2) is 8.15. The highest BCUT2D eigenvalue weighted by atomic mass is 35.5. The minimum absolute atomic E-state index is 0. The Kier molecular flexibility index (Phi) is 6.41. The van der Waals surface area contributed by atoms with E-state index in [-0.39, 0.29) is 36.1 Å². The van der Waals surface area contributed by atoms with E-state index in [1.165, 1.54) is 0 Å². The van der Waals surface area contributed by atoms with Crippen molar-refractivity contribution in [3.63, 3.8) is 0 Å². The maximum atomic E-state index is 12.8. The predicted molar refractivity (Wildman–Crippen MR) is 108 cm³/mol. The number of thioether (sulfide) groups is 1. The summed E-state index contributed by atoms with van der Waals surface area (Å²) in [5.74, 6) is -0.0962. The van der Waals surface area contributed by atoms with E-state index in [0.29, 0.717) is 10.7 Å². The number of hydrogen-bond acceptors (Lipinski definition) is 4. The minimum atomic E-state index is -0.0962. The zero-order valence-electron chi connectivity index (χ0n) is 12.8. The number of nitrogens with one attached hydrogen (secondary N) is 1. The van der Waals surface area contributed by atoms with Crippen LogP contribution < -0.4 is 5.32 Å². The zero-order chi connectivity index (χ0) is 15.8. The highest BCUT2D eigenvalue weighted by Gasteiger charge is 2.24. The molecule has 0 bridgehead atoms. The molecule has 0 amide bonds. The lowest BCUT2D eigenvalue weighted by atomic mass is 10.2. The summed E-state index contributed by atoms with van der Waals surface area (Å²) < 4.78 is 1.62. The molecule has 0 saturated carbocycles. The summed E-state index contributed by atoms with van der Waals surface area (Å²) in [4.78, 5) is 16.9. The number of rotatable bonds is 2. The smallest absolute Gasteiger partial charge is 0.279 e. The van der Waals surface area contributed by atoms with Gasteiger partial charge in [0.2, 0.25) is 0 Å². The van der Waals surface area contributed by atoms with Gasteiger partial charge in [0.15, 0.2) is 0 Å². The molecule has 1 aromatic carbocycles. The maximum absolute atomic E-state index is 12.8. The van der Waals surface area contributed by atoms with Crippen LogP contribution in [0.1, 0.15) is 15.7 Å². The third-order valence-corrected chi connectivity index (χ3v) is 4.97. The van der Waals surface area contributed by atoms with Crippen LogP contribution in [0.25, 0.3) is 10.9 Å². The topological polar surface area (TPSA) is 46.9 Å². The van der Waals surface area contributed by atoms with E-state index in [1.54, 1.807) is 41.0 Å². The molecule has 0 fully saturated rings. The first-order valence-electron chi connectivity index (χ1n) is 7.06. The molecule has 2 aromatic heterocycles. The van der Waals surface area contributed by atoms with Crippen LogP contribution in [0.15, 0.2) is 66.1 Å². The molecule has 3 aromatic rings. The van der Waals surface area contributed by atoms with Crippen molar-refractivity contribution in [1.82, 2.24) is 14.9 Å². The molecule has 1 aliphatic heterocycles. The Hall–Kier alpha value is -1.66. The molecule has 25 heavy (non-hydrogen) atoms. The summed E-state index contributed by atoms with van der Waals surface area (Å²) in [6.45, 7) is 0. The minimum Gasteiger partial charge on any atom is -0.364 e. The molecule has 0 saturated heterocycles. The fourth-order valence-electron chi connectivity index (χ4n) is 2.56. The summed E-state index contributed by atoms with van der Waals surface area (Å²) in [5.41, 5.74) is 2.42.